The average Bonchev–Trinajstić information content (AvgIpc) is 2.41. The van der Waals surface area contributed by atoms with Gasteiger partial charge >= 0.3 is 0 Å². The minimum Gasteiger partial charge on any atom is -0.341 e. The number of hydrogen-bond donors (Lipinski definition) is 1. The molecule has 1 aromatic carbocycles. The molecule has 0 aliphatic rings. The largest absolute Gasteiger partial charge is 0.341 e. The Morgan fingerprint density at radius 3 is 2.85 bits per heavy atom. The lowest BCUT2D eigenvalue weighted by molar-refractivity contribution is -0.130. The molecule has 0 aliphatic heterocycles. The van der Waals surface area contributed by atoms with Crippen molar-refractivity contribution in [3.05, 3.63) is 34.3 Å². The summed E-state index contributed by atoms with van der Waals surface area (Å²) in [4.78, 5) is 13.7. The first-order valence-corrected chi connectivity index (χ1v) is 7.41. The molecule has 1 amide bonds. The first-order valence-electron chi connectivity index (χ1n) is 6.62. The zero-order valence-corrected chi connectivity index (χ0v) is 13.5. The summed E-state index contributed by atoms with van der Waals surface area (Å²) in [6.07, 6.45) is 0.901. The lowest BCUT2D eigenvalue weighted by Gasteiger charge is -2.19. The molecule has 1 atom stereocenters. The van der Waals surface area contributed by atoms with Gasteiger partial charge in [-0.15, -0.1) is 0 Å². The van der Waals surface area contributed by atoms with Gasteiger partial charge in [-0.25, -0.2) is 0 Å². The summed E-state index contributed by atoms with van der Waals surface area (Å²) in [5.41, 5.74) is 1.09. The van der Waals surface area contributed by atoms with Crippen molar-refractivity contribution in [2.24, 2.45) is 0 Å². The maximum absolute atomic E-state index is 12.0. The monoisotopic (exact) mass is 337 g/mol. The Bertz CT molecular complexity index is 484. The molecule has 5 heteroatoms. The predicted molar refractivity (Wildman–Crippen MR) is 82.9 cm³/mol. The molecule has 0 radical (unpaired) electrons. The van der Waals surface area contributed by atoms with Crippen molar-refractivity contribution in [3.8, 4) is 6.07 Å². The highest BCUT2D eigenvalue weighted by molar-refractivity contribution is 9.10. The minimum atomic E-state index is 0.0948. The molecular weight excluding hydrogens is 318 g/mol. The highest BCUT2D eigenvalue weighted by Crippen LogP contribution is 2.17. The van der Waals surface area contributed by atoms with Crippen LogP contribution in [0.1, 0.15) is 25.3 Å². The van der Waals surface area contributed by atoms with Crippen molar-refractivity contribution in [1.29, 1.82) is 5.26 Å². The lowest BCUT2D eigenvalue weighted by Crippen LogP contribution is -2.32. The summed E-state index contributed by atoms with van der Waals surface area (Å²) in [7, 11) is 1.81. The third kappa shape index (κ3) is 5.72. The molecular formula is C15H20BrN3O. The van der Waals surface area contributed by atoms with E-state index in [0.717, 1.165) is 10.0 Å². The molecule has 0 bridgehead atoms. The van der Waals surface area contributed by atoms with Crippen molar-refractivity contribution in [2.45, 2.75) is 32.4 Å². The van der Waals surface area contributed by atoms with Gasteiger partial charge in [0.25, 0.3) is 0 Å². The van der Waals surface area contributed by atoms with Crippen molar-refractivity contribution >= 4 is 21.8 Å². The fraction of sp³-hybridized carbons (Fsp3) is 0.467. The van der Waals surface area contributed by atoms with Gasteiger partial charge in [0, 0.05) is 37.1 Å². The quantitative estimate of drug-likeness (QED) is 0.832. The predicted octanol–water partition coefficient (Wildman–Crippen LogP) is 2.69. The number of carbonyl (C=O) groups excluding carboxylic acids is 1. The Hall–Kier alpha value is -1.38. The molecule has 0 spiro atoms. The smallest absolute Gasteiger partial charge is 0.223 e. The molecule has 0 heterocycles. The lowest BCUT2D eigenvalue weighted by atomic mass is 10.2. The topological polar surface area (TPSA) is 56.1 Å². The molecule has 0 unspecified atom stereocenters. The van der Waals surface area contributed by atoms with E-state index in [4.69, 9.17) is 5.26 Å². The molecule has 108 valence electrons. The number of halogens is 1. The Balaban J connectivity index is 2.37. The molecule has 0 fully saturated rings. The number of benzene rings is 1. The van der Waals surface area contributed by atoms with Crippen LogP contribution in [0, 0.1) is 11.3 Å². The molecule has 1 N–H and O–H groups in total. The van der Waals surface area contributed by atoms with E-state index in [0.29, 0.717) is 25.9 Å². The van der Waals surface area contributed by atoms with Crippen molar-refractivity contribution < 1.29 is 4.79 Å². The van der Waals surface area contributed by atoms with Gasteiger partial charge < -0.3 is 10.2 Å². The van der Waals surface area contributed by atoms with E-state index in [9.17, 15) is 4.79 Å². The molecule has 0 aromatic heterocycles. The summed E-state index contributed by atoms with van der Waals surface area (Å²) in [5.74, 6) is 0.0948. The maximum Gasteiger partial charge on any atom is 0.223 e. The number of nitrogens with one attached hydrogen (secondary N) is 1. The minimum absolute atomic E-state index is 0.0948. The van der Waals surface area contributed by atoms with Crippen LogP contribution in [0.5, 0.6) is 0 Å². The summed E-state index contributed by atoms with van der Waals surface area (Å²) in [6.45, 7) is 3.13. The van der Waals surface area contributed by atoms with E-state index in [1.807, 2.05) is 31.2 Å². The number of nitriles is 1. The van der Waals surface area contributed by atoms with Gasteiger partial charge in [0.05, 0.1) is 12.5 Å². The van der Waals surface area contributed by atoms with E-state index < -0.39 is 0 Å². The number of nitrogens with zero attached hydrogens (tertiary/aromatic N) is 2. The third-order valence-electron chi connectivity index (χ3n) is 3.02. The first-order chi connectivity index (χ1) is 9.54. The summed E-state index contributed by atoms with van der Waals surface area (Å²) in [5, 5.41) is 11.7. The van der Waals surface area contributed by atoms with Gasteiger partial charge in [0.2, 0.25) is 5.91 Å². The molecule has 0 saturated carbocycles. The van der Waals surface area contributed by atoms with Crippen LogP contribution in [0.3, 0.4) is 0 Å². The summed E-state index contributed by atoms with van der Waals surface area (Å²) < 4.78 is 1.01. The first kappa shape index (κ1) is 16.7. The van der Waals surface area contributed by atoms with Crippen LogP contribution in [0.4, 0.5) is 0 Å². The van der Waals surface area contributed by atoms with Crippen LogP contribution in [0.2, 0.25) is 0 Å². The fourth-order valence-corrected chi connectivity index (χ4v) is 2.21. The molecule has 1 aromatic rings. The van der Waals surface area contributed by atoms with Crippen LogP contribution >= 0.6 is 15.9 Å². The maximum atomic E-state index is 12.0. The second-order valence-electron chi connectivity index (χ2n) is 4.81. The number of rotatable bonds is 7. The Kier molecular flexibility index (Phi) is 7.27. The van der Waals surface area contributed by atoms with Crippen molar-refractivity contribution in [3.63, 3.8) is 0 Å². The number of hydrogen-bond acceptors (Lipinski definition) is 3. The second kappa shape index (κ2) is 8.72. The van der Waals surface area contributed by atoms with E-state index in [-0.39, 0.29) is 11.9 Å². The molecule has 1 rings (SSSR count). The molecule has 0 aliphatic carbocycles. The molecule has 4 nitrogen and oxygen atoms in total. The fourth-order valence-electron chi connectivity index (χ4n) is 1.80. The van der Waals surface area contributed by atoms with Gasteiger partial charge in [-0.2, -0.15) is 5.26 Å². The van der Waals surface area contributed by atoms with Gasteiger partial charge in [0.15, 0.2) is 0 Å². The van der Waals surface area contributed by atoms with Crippen LogP contribution in [-0.4, -0.2) is 30.4 Å². The van der Waals surface area contributed by atoms with E-state index in [2.05, 4.69) is 27.3 Å². The zero-order valence-electron chi connectivity index (χ0n) is 11.9. The Morgan fingerprint density at radius 1 is 1.50 bits per heavy atom. The summed E-state index contributed by atoms with van der Waals surface area (Å²) in [6, 6.07) is 10.1. The van der Waals surface area contributed by atoms with Crippen LogP contribution in [-0.2, 0) is 11.3 Å². The van der Waals surface area contributed by atoms with Gasteiger partial charge in [-0.3, -0.25) is 4.79 Å². The zero-order chi connectivity index (χ0) is 15.0. The standard InChI is InChI=1S/C15H20BrN3O/c1-12(7-9-17)18-10-8-15(20)19(2)11-13-5-3-4-6-14(13)16/h3-6,12,18H,7-8,10-11H2,1-2H3/t12-/m0/s1. The SMILES string of the molecule is C[C@@H](CC#N)NCCC(=O)N(C)Cc1ccccc1Br. The Morgan fingerprint density at radius 2 is 2.20 bits per heavy atom. The number of carbonyl (C=O) groups is 1. The van der Waals surface area contributed by atoms with Crippen LogP contribution < -0.4 is 5.32 Å². The van der Waals surface area contributed by atoms with Gasteiger partial charge in [-0.05, 0) is 18.6 Å². The third-order valence-corrected chi connectivity index (χ3v) is 3.79. The van der Waals surface area contributed by atoms with Crippen molar-refractivity contribution in [2.75, 3.05) is 13.6 Å². The van der Waals surface area contributed by atoms with Gasteiger partial charge in [-0.1, -0.05) is 34.1 Å². The van der Waals surface area contributed by atoms with E-state index in [1.165, 1.54) is 0 Å². The van der Waals surface area contributed by atoms with E-state index >= 15 is 0 Å². The van der Waals surface area contributed by atoms with Crippen molar-refractivity contribution in [1.82, 2.24) is 10.2 Å². The van der Waals surface area contributed by atoms with Crippen LogP contribution in [0.25, 0.3) is 0 Å². The number of amides is 1. The second-order valence-corrected chi connectivity index (χ2v) is 5.66. The molecule has 0 saturated heterocycles. The van der Waals surface area contributed by atoms with Gasteiger partial charge in [0.1, 0.15) is 0 Å². The summed E-state index contributed by atoms with van der Waals surface area (Å²) >= 11 is 3.48. The normalized spacial score (nSPS) is 11.7. The van der Waals surface area contributed by atoms with Crippen LogP contribution in [0.15, 0.2) is 28.7 Å². The van der Waals surface area contributed by atoms with E-state index in [1.54, 1.807) is 11.9 Å². The highest BCUT2D eigenvalue weighted by atomic mass is 79.9. The average molecular weight is 338 g/mol. The highest BCUT2D eigenvalue weighted by Gasteiger charge is 2.11. The Labute approximate surface area is 128 Å². The molecule has 20 heavy (non-hydrogen) atoms.